The van der Waals surface area contributed by atoms with E-state index in [2.05, 4.69) is 28.3 Å². The van der Waals surface area contributed by atoms with Crippen molar-refractivity contribution in [1.82, 2.24) is 0 Å². The summed E-state index contributed by atoms with van der Waals surface area (Å²) in [4.78, 5) is 10.6. The van der Waals surface area contributed by atoms with Crippen LogP contribution in [-0.4, -0.2) is 12.6 Å². The molecule has 0 atom stereocenters. The molecular weight excluding hydrogens is 144 g/mol. The Hall–Kier alpha value is -1.43. The third kappa shape index (κ3) is 5.04. The van der Waals surface area contributed by atoms with Gasteiger partial charge in [0, 0.05) is 5.57 Å². The summed E-state index contributed by atoms with van der Waals surface area (Å²) in [6.07, 6.45) is 4.27. The minimum absolute atomic E-state index is 0.316. The SMILES string of the molecule is C=C(C)C(=O)OC#COCC. The van der Waals surface area contributed by atoms with Gasteiger partial charge in [0.2, 0.25) is 0 Å². The molecule has 60 valence electrons. The fourth-order valence-corrected chi connectivity index (χ4v) is 0.256. The van der Waals surface area contributed by atoms with Crippen LogP contribution in [0.15, 0.2) is 12.2 Å². The van der Waals surface area contributed by atoms with E-state index in [4.69, 9.17) is 0 Å². The highest BCUT2D eigenvalue weighted by atomic mass is 16.5. The largest absolute Gasteiger partial charge is 0.445 e. The molecule has 11 heavy (non-hydrogen) atoms. The molecule has 0 fully saturated rings. The molecule has 0 aliphatic rings. The van der Waals surface area contributed by atoms with Crippen molar-refractivity contribution in [3.05, 3.63) is 12.2 Å². The molecule has 0 aromatic rings. The molecule has 0 aliphatic carbocycles. The maximum Gasteiger partial charge on any atom is 0.347 e. The van der Waals surface area contributed by atoms with Crippen LogP contribution in [0.4, 0.5) is 0 Å². The molecule has 0 amide bonds. The summed E-state index contributed by atoms with van der Waals surface area (Å²) in [6, 6.07) is 0. The molecule has 0 radical (unpaired) electrons. The molecule has 0 spiro atoms. The maximum absolute atomic E-state index is 10.6. The van der Waals surface area contributed by atoms with Gasteiger partial charge in [0.05, 0.1) is 6.61 Å². The lowest BCUT2D eigenvalue weighted by Crippen LogP contribution is -1.99. The van der Waals surface area contributed by atoms with Gasteiger partial charge in [-0.1, -0.05) is 6.58 Å². The lowest BCUT2D eigenvalue weighted by atomic mass is 10.4. The fraction of sp³-hybridized carbons (Fsp3) is 0.375. The zero-order valence-corrected chi connectivity index (χ0v) is 6.64. The van der Waals surface area contributed by atoms with Gasteiger partial charge in [-0.05, 0) is 13.8 Å². The molecular formula is C8H10O3. The first-order valence-electron chi connectivity index (χ1n) is 3.17. The topological polar surface area (TPSA) is 35.5 Å². The van der Waals surface area contributed by atoms with Gasteiger partial charge in [-0.25, -0.2) is 4.79 Å². The molecule has 0 saturated heterocycles. The molecule has 0 aromatic carbocycles. The Bertz CT molecular complexity index is 207. The molecule has 0 unspecified atom stereocenters. The van der Waals surface area contributed by atoms with Crippen molar-refractivity contribution in [2.75, 3.05) is 6.61 Å². The fourth-order valence-electron chi connectivity index (χ4n) is 0.256. The lowest BCUT2D eigenvalue weighted by Gasteiger charge is -1.91. The predicted octanol–water partition coefficient (Wildman–Crippen LogP) is 1.06. The van der Waals surface area contributed by atoms with Crippen molar-refractivity contribution in [3.8, 4) is 12.2 Å². The first-order chi connectivity index (χ1) is 5.18. The normalized spacial score (nSPS) is 7.45. The van der Waals surface area contributed by atoms with Crippen LogP contribution in [0.1, 0.15) is 13.8 Å². The van der Waals surface area contributed by atoms with Gasteiger partial charge < -0.3 is 9.47 Å². The second kappa shape index (κ2) is 5.36. The van der Waals surface area contributed by atoms with E-state index in [0.29, 0.717) is 12.2 Å². The van der Waals surface area contributed by atoms with E-state index in [1.54, 1.807) is 13.8 Å². The molecule has 0 rings (SSSR count). The smallest absolute Gasteiger partial charge is 0.347 e. The van der Waals surface area contributed by atoms with E-state index < -0.39 is 5.97 Å². The Kier molecular flexibility index (Phi) is 4.67. The average Bonchev–Trinajstić information content (AvgIpc) is 1.97. The quantitative estimate of drug-likeness (QED) is 0.339. The summed E-state index contributed by atoms with van der Waals surface area (Å²) in [5.74, 6) is -0.530. The van der Waals surface area contributed by atoms with Crippen molar-refractivity contribution in [2.24, 2.45) is 0 Å². The third-order valence-corrected chi connectivity index (χ3v) is 0.750. The number of hydrogen-bond donors (Lipinski definition) is 0. The van der Waals surface area contributed by atoms with Crippen LogP contribution < -0.4 is 0 Å². The van der Waals surface area contributed by atoms with Crippen LogP contribution >= 0.6 is 0 Å². The molecule has 0 N–H and O–H groups in total. The second-order valence-electron chi connectivity index (χ2n) is 1.81. The van der Waals surface area contributed by atoms with Gasteiger partial charge in [-0.15, -0.1) is 0 Å². The summed E-state index contributed by atoms with van der Waals surface area (Å²) >= 11 is 0. The van der Waals surface area contributed by atoms with Crippen molar-refractivity contribution >= 4 is 5.97 Å². The Labute approximate surface area is 66.0 Å². The zero-order valence-electron chi connectivity index (χ0n) is 6.64. The molecule has 0 saturated carbocycles. The highest BCUT2D eigenvalue weighted by Gasteiger charge is 1.99. The van der Waals surface area contributed by atoms with Crippen LogP contribution in [0.2, 0.25) is 0 Å². The lowest BCUT2D eigenvalue weighted by molar-refractivity contribution is -0.132. The van der Waals surface area contributed by atoms with Crippen molar-refractivity contribution in [1.29, 1.82) is 0 Å². The molecule has 0 aromatic heterocycles. The Balaban J connectivity index is 3.64. The zero-order chi connectivity index (χ0) is 8.69. The number of esters is 1. The molecule has 0 bridgehead atoms. The Morgan fingerprint density at radius 1 is 1.55 bits per heavy atom. The standard InChI is InChI=1S/C8H10O3/c1-4-10-5-6-11-8(9)7(2)3/h2,4H2,1,3H3. The number of carbonyl (C=O) groups excluding carboxylic acids is 1. The molecule has 0 aliphatic heterocycles. The van der Waals surface area contributed by atoms with Crippen molar-refractivity contribution < 1.29 is 14.3 Å². The van der Waals surface area contributed by atoms with E-state index in [1.165, 1.54) is 0 Å². The first-order valence-corrected chi connectivity index (χ1v) is 3.17. The Morgan fingerprint density at radius 3 is 2.64 bits per heavy atom. The van der Waals surface area contributed by atoms with Crippen LogP contribution in [0.25, 0.3) is 0 Å². The van der Waals surface area contributed by atoms with E-state index in [1.807, 2.05) is 0 Å². The van der Waals surface area contributed by atoms with Gasteiger partial charge in [0.15, 0.2) is 12.2 Å². The minimum atomic E-state index is -0.530. The molecule has 3 nitrogen and oxygen atoms in total. The predicted molar refractivity (Wildman–Crippen MR) is 40.3 cm³/mol. The van der Waals surface area contributed by atoms with Crippen molar-refractivity contribution in [2.45, 2.75) is 13.8 Å². The summed E-state index contributed by atoms with van der Waals surface area (Å²) in [7, 11) is 0. The highest BCUT2D eigenvalue weighted by molar-refractivity contribution is 5.87. The number of ether oxygens (including phenoxy) is 2. The summed E-state index contributed by atoms with van der Waals surface area (Å²) in [6.45, 7) is 7.17. The first kappa shape index (κ1) is 9.57. The van der Waals surface area contributed by atoms with E-state index in [9.17, 15) is 4.79 Å². The number of carbonyl (C=O) groups is 1. The van der Waals surface area contributed by atoms with Crippen LogP contribution in [-0.2, 0) is 14.3 Å². The maximum atomic E-state index is 10.6. The van der Waals surface area contributed by atoms with Gasteiger partial charge in [-0.2, -0.15) is 0 Å². The number of hydrogen-bond acceptors (Lipinski definition) is 3. The second-order valence-corrected chi connectivity index (χ2v) is 1.81. The highest BCUT2D eigenvalue weighted by Crippen LogP contribution is 1.89. The third-order valence-electron chi connectivity index (χ3n) is 0.750. The van der Waals surface area contributed by atoms with Crippen molar-refractivity contribution in [3.63, 3.8) is 0 Å². The number of rotatable bonds is 2. The van der Waals surface area contributed by atoms with E-state index >= 15 is 0 Å². The van der Waals surface area contributed by atoms with Gasteiger partial charge in [0.25, 0.3) is 0 Å². The molecule has 3 heteroatoms. The van der Waals surface area contributed by atoms with Crippen LogP contribution in [0, 0.1) is 12.2 Å². The van der Waals surface area contributed by atoms with Gasteiger partial charge in [0.1, 0.15) is 0 Å². The summed E-state index contributed by atoms with van der Waals surface area (Å²) in [5, 5.41) is 0. The van der Waals surface area contributed by atoms with Crippen LogP contribution in [0.3, 0.4) is 0 Å². The Morgan fingerprint density at radius 2 is 2.18 bits per heavy atom. The summed E-state index contributed by atoms with van der Waals surface area (Å²) in [5.41, 5.74) is 0.316. The van der Waals surface area contributed by atoms with E-state index in [0.717, 1.165) is 0 Å². The van der Waals surface area contributed by atoms with Crippen LogP contribution in [0.5, 0.6) is 0 Å². The van der Waals surface area contributed by atoms with Gasteiger partial charge in [-0.3, -0.25) is 0 Å². The van der Waals surface area contributed by atoms with Gasteiger partial charge >= 0.3 is 5.97 Å². The monoisotopic (exact) mass is 154 g/mol. The van der Waals surface area contributed by atoms with E-state index in [-0.39, 0.29) is 0 Å². The average molecular weight is 154 g/mol. The molecule has 0 heterocycles. The summed E-state index contributed by atoms with van der Waals surface area (Å²) < 4.78 is 8.98. The minimum Gasteiger partial charge on any atom is -0.445 e.